The molecule has 0 rings (SSSR count). The van der Waals surface area contributed by atoms with Gasteiger partial charge >= 0.3 is 5.97 Å². The van der Waals surface area contributed by atoms with Crippen molar-refractivity contribution in [3.05, 3.63) is 0 Å². The molecule has 0 fully saturated rings. The van der Waals surface area contributed by atoms with E-state index in [2.05, 4.69) is 45.7 Å². The van der Waals surface area contributed by atoms with Crippen molar-refractivity contribution in [1.29, 1.82) is 0 Å². The van der Waals surface area contributed by atoms with E-state index < -0.39 is 5.97 Å². The fourth-order valence-corrected chi connectivity index (χ4v) is 3.84. The number of hydrogen-bond acceptors (Lipinski definition) is 9. The van der Waals surface area contributed by atoms with Gasteiger partial charge in [-0.1, -0.05) is 0 Å². The lowest BCUT2D eigenvalue weighted by Crippen LogP contribution is -2.45. The molecule has 0 aliphatic heterocycles. The highest BCUT2D eigenvalue weighted by atomic mass is 16.4. The average molecular weight is 573 g/mol. The molecule has 3 amide bonds. The van der Waals surface area contributed by atoms with Gasteiger partial charge in [0.2, 0.25) is 17.7 Å². The molecule has 0 atom stereocenters. The maximum Gasteiger partial charge on any atom is 0.304 e. The van der Waals surface area contributed by atoms with Crippen LogP contribution in [-0.4, -0.2) is 110 Å². The lowest BCUT2D eigenvalue weighted by atomic mass is 9.98. The van der Waals surface area contributed by atoms with Gasteiger partial charge in [0.05, 0.1) is 13.1 Å². The number of carbonyl (C=O) groups excluding carboxylic acids is 3. The number of hydrogen-bond donors (Lipinski definition) is 8. The van der Waals surface area contributed by atoms with E-state index in [1.807, 2.05) is 20.8 Å². The second-order valence-corrected chi connectivity index (χ2v) is 11.2. The number of carboxylic acid groups (broad SMARTS) is 1. The summed E-state index contributed by atoms with van der Waals surface area (Å²) in [5, 5.41) is 27.1. The van der Waals surface area contributed by atoms with Crippen molar-refractivity contribution in [2.45, 2.75) is 84.2 Å². The number of nitrogens with one attached hydrogen (secondary N) is 6. The predicted molar refractivity (Wildman–Crippen MR) is 158 cm³/mol. The fraction of sp³-hybridized carbons (Fsp3) is 0.852. The van der Waals surface area contributed by atoms with Crippen molar-refractivity contribution in [2.75, 3.05) is 65.6 Å². The van der Waals surface area contributed by atoms with Crippen molar-refractivity contribution in [3.63, 3.8) is 0 Å². The maximum absolute atomic E-state index is 12.3. The Morgan fingerprint density at radius 3 is 1.73 bits per heavy atom. The summed E-state index contributed by atoms with van der Waals surface area (Å²) >= 11 is 0. The van der Waals surface area contributed by atoms with E-state index in [1.165, 1.54) is 0 Å². The highest BCUT2D eigenvalue weighted by Gasteiger charge is 2.20. The van der Waals surface area contributed by atoms with Gasteiger partial charge in [-0.3, -0.25) is 19.2 Å². The second-order valence-electron chi connectivity index (χ2n) is 11.2. The number of amides is 3. The van der Waals surface area contributed by atoms with Crippen molar-refractivity contribution >= 4 is 23.7 Å². The first kappa shape index (κ1) is 37.7. The monoisotopic (exact) mass is 572 g/mol. The Morgan fingerprint density at radius 2 is 1.23 bits per heavy atom. The standard InChI is InChI=1S/C27H56N8O5/c1-6-35(20-13-28)24(38)8-12-27(4,5)34-18-16-29-14-9-23(37)32-21-31-22(36)7-11-26(2,3)33-19-17-30-15-10-25(39)40/h29-30,33-34H,6-21,28H2,1-5H3,(H,31,36)(H,32,37)(H,39,40). The van der Waals surface area contributed by atoms with Gasteiger partial charge in [0.15, 0.2) is 0 Å². The third kappa shape index (κ3) is 21.5. The van der Waals surface area contributed by atoms with Gasteiger partial charge in [0.25, 0.3) is 0 Å². The zero-order valence-electron chi connectivity index (χ0n) is 25.4. The number of carboxylic acids is 1. The van der Waals surface area contributed by atoms with Crippen LogP contribution in [0.4, 0.5) is 0 Å². The molecule has 234 valence electrons. The number of carbonyl (C=O) groups is 4. The SMILES string of the molecule is CCN(CCN)C(=O)CCC(C)(C)NCCNCCC(=O)NCNC(=O)CCC(C)(C)NCCNCCC(=O)O. The van der Waals surface area contributed by atoms with Crippen LogP contribution in [0.15, 0.2) is 0 Å². The summed E-state index contributed by atoms with van der Waals surface area (Å²) in [5.41, 5.74) is 5.14. The molecule has 0 spiro atoms. The van der Waals surface area contributed by atoms with E-state index in [0.29, 0.717) is 84.6 Å². The van der Waals surface area contributed by atoms with Crippen LogP contribution in [0.1, 0.15) is 73.1 Å². The predicted octanol–water partition coefficient (Wildman–Crippen LogP) is -0.676. The third-order valence-corrected chi connectivity index (χ3v) is 6.50. The van der Waals surface area contributed by atoms with Gasteiger partial charge in [0, 0.05) is 89.2 Å². The molecular weight excluding hydrogens is 516 g/mol. The van der Waals surface area contributed by atoms with Gasteiger partial charge in [0.1, 0.15) is 0 Å². The van der Waals surface area contributed by atoms with Crippen LogP contribution in [0.2, 0.25) is 0 Å². The summed E-state index contributed by atoms with van der Waals surface area (Å²) in [6, 6.07) is 0. The smallest absolute Gasteiger partial charge is 0.304 e. The van der Waals surface area contributed by atoms with Gasteiger partial charge in [-0.2, -0.15) is 0 Å². The Labute approximate surface area is 240 Å². The minimum Gasteiger partial charge on any atom is -0.481 e. The fourth-order valence-electron chi connectivity index (χ4n) is 3.84. The molecule has 0 aromatic carbocycles. The molecule has 0 bridgehead atoms. The second kappa shape index (κ2) is 21.4. The molecule has 0 unspecified atom stereocenters. The Kier molecular flexibility index (Phi) is 20.2. The number of nitrogens with zero attached hydrogens (tertiary/aromatic N) is 1. The summed E-state index contributed by atoms with van der Waals surface area (Å²) < 4.78 is 0. The van der Waals surface area contributed by atoms with Crippen LogP contribution in [0, 0.1) is 0 Å². The van der Waals surface area contributed by atoms with Gasteiger partial charge < -0.3 is 47.6 Å². The van der Waals surface area contributed by atoms with Crippen molar-refractivity contribution in [3.8, 4) is 0 Å². The first-order valence-electron chi connectivity index (χ1n) is 14.5. The maximum atomic E-state index is 12.3. The van der Waals surface area contributed by atoms with E-state index >= 15 is 0 Å². The molecule has 0 saturated heterocycles. The van der Waals surface area contributed by atoms with Crippen molar-refractivity contribution in [1.82, 2.24) is 36.8 Å². The zero-order valence-corrected chi connectivity index (χ0v) is 25.4. The van der Waals surface area contributed by atoms with Crippen LogP contribution < -0.4 is 37.6 Å². The minimum absolute atomic E-state index is 0.0900. The largest absolute Gasteiger partial charge is 0.481 e. The first-order valence-corrected chi connectivity index (χ1v) is 14.5. The van der Waals surface area contributed by atoms with E-state index in [1.54, 1.807) is 4.90 Å². The van der Waals surface area contributed by atoms with Crippen LogP contribution in [0.3, 0.4) is 0 Å². The summed E-state index contributed by atoms with van der Waals surface area (Å²) in [7, 11) is 0. The summed E-state index contributed by atoms with van der Waals surface area (Å²) in [6.45, 7) is 15.6. The lowest BCUT2D eigenvalue weighted by Gasteiger charge is -2.28. The zero-order chi connectivity index (χ0) is 30.4. The Morgan fingerprint density at radius 1 is 0.725 bits per heavy atom. The van der Waals surface area contributed by atoms with Crippen LogP contribution in [0.5, 0.6) is 0 Å². The van der Waals surface area contributed by atoms with Crippen molar-refractivity contribution < 1.29 is 24.3 Å². The lowest BCUT2D eigenvalue weighted by molar-refractivity contribution is -0.137. The first-order chi connectivity index (χ1) is 18.8. The normalized spacial score (nSPS) is 11.8. The number of nitrogens with two attached hydrogens (primary N) is 1. The molecule has 0 aromatic heterocycles. The molecule has 9 N–H and O–H groups in total. The summed E-state index contributed by atoms with van der Waals surface area (Å²) in [4.78, 5) is 48.7. The molecule has 0 radical (unpaired) electrons. The van der Waals surface area contributed by atoms with Crippen molar-refractivity contribution in [2.24, 2.45) is 5.73 Å². The quantitative estimate of drug-likeness (QED) is 0.0514. The molecule has 0 aliphatic carbocycles. The number of rotatable bonds is 25. The van der Waals surface area contributed by atoms with Gasteiger partial charge in [-0.15, -0.1) is 0 Å². The number of aliphatic carboxylic acids is 1. The van der Waals surface area contributed by atoms with E-state index in [-0.39, 0.29) is 41.9 Å². The average Bonchev–Trinajstić information content (AvgIpc) is 2.88. The topological polar surface area (TPSA) is 190 Å². The molecule has 13 heteroatoms. The molecule has 0 heterocycles. The van der Waals surface area contributed by atoms with E-state index in [9.17, 15) is 19.2 Å². The van der Waals surface area contributed by atoms with Gasteiger partial charge in [-0.25, -0.2) is 0 Å². The summed E-state index contributed by atoms with van der Waals surface area (Å²) in [5.74, 6) is -0.978. The molecular formula is C27H56N8O5. The Hall–Kier alpha value is -2.32. The Bertz CT molecular complexity index is 748. The highest BCUT2D eigenvalue weighted by Crippen LogP contribution is 2.12. The molecule has 40 heavy (non-hydrogen) atoms. The van der Waals surface area contributed by atoms with E-state index in [4.69, 9.17) is 10.8 Å². The van der Waals surface area contributed by atoms with Crippen LogP contribution in [-0.2, 0) is 19.2 Å². The molecule has 13 nitrogen and oxygen atoms in total. The molecule has 0 aromatic rings. The van der Waals surface area contributed by atoms with Crippen LogP contribution >= 0.6 is 0 Å². The Balaban J connectivity index is 3.87. The number of likely N-dealkylation sites (N-methyl/N-ethyl adjacent to an activating group) is 1. The third-order valence-electron chi connectivity index (χ3n) is 6.50. The van der Waals surface area contributed by atoms with E-state index in [0.717, 1.165) is 6.42 Å². The molecule has 0 aliphatic rings. The minimum atomic E-state index is -0.826. The summed E-state index contributed by atoms with van der Waals surface area (Å²) in [6.07, 6.45) is 2.54. The van der Waals surface area contributed by atoms with Crippen LogP contribution in [0.25, 0.3) is 0 Å². The van der Waals surface area contributed by atoms with Gasteiger partial charge in [-0.05, 0) is 47.5 Å². The molecule has 0 saturated carbocycles. The highest BCUT2D eigenvalue weighted by molar-refractivity contribution is 5.78.